The Bertz CT molecular complexity index is 648. The van der Waals surface area contributed by atoms with Gasteiger partial charge in [0.15, 0.2) is 10.8 Å². The number of hydrogen-bond acceptors (Lipinski definition) is 6. The number of carboxylic acid groups (broad SMARTS) is 1. The van der Waals surface area contributed by atoms with Crippen LogP contribution in [0.1, 0.15) is 28.0 Å². The van der Waals surface area contributed by atoms with Crippen LogP contribution in [-0.4, -0.2) is 37.0 Å². The van der Waals surface area contributed by atoms with Gasteiger partial charge in [-0.05, 0) is 13.3 Å². The second kappa shape index (κ2) is 5.78. The van der Waals surface area contributed by atoms with E-state index in [0.29, 0.717) is 5.13 Å². The minimum absolute atomic E-state index is 0.0529. The molecule has 0 bridgehead atoms. The maximum atomic E-state index is 11.9. The normalized spacial score (nSPS) is 10.5. The van der Waals surface area contributed by atoms with Crippen molar-refractivity contribution < 1.29 is 14.7 Å². The van der Waals surface area contributed by atoms with E-state index in [1.165, 1.54) is 17.5 Å². The molecular formula is C11H13N5O3S. The standard InChI is InChI=1S/C11H13N5O3S/c1-3-7-6(2)20-11(12-7)13-10(19)8-4-16(15-14-8)5-9(17)18/h4H,3,5H2,1-2H3,(H,17,18)(H,12,13,19). The monoisotopic (exact) mass is 295 g/mol. The molecule has 2 aromatic heterocycles. The lowest BCUT2D eigenvalue weighted by molar-refractivity contribution is -0.137. The lowest BCUT2D eigenvalue weighted by Crippen LogP contribution is -2.12. The second-order valence-corrected chi connectivity index (χ2v) is 5.23. The molecule has 106 valence electrons. The highest BCUT2D eigenvalue weighted by Crippen LogP contribution is 2.22. The molecule has 0 aliphatic heterocycles. The third-order valence-corrected chi connectivity index (χ3v) is 3.45. The van der Waals surface area contributed by atoms with Crippen LogP contribution in [0.2, 0.25) is 0 Å². The molecule has 0 saturated heterocycles. The molecule has 2 heterocycles. The van der Waals surface area contributed by atoms with E-state index in [1.807, 2.05) is 13.8 Å². The largest absolute Gasteiger partial charge is 0.480 e. The van der Waals surface area contributed by atoms with Crippen molar-refractivity contribution >= 4 is 28.3 Å². The topological polar surface area (TPSA) is 110 Å². The van der Waals surface area contributed by atoms with Crippen molar-refractivity contribution in [2.45, 2.75) is 26.8 Å². The van der Waals surface area contributed by atoms with Crippen LogP contribution >= 0.6 is 11.3 Å². The molecule has 0 aliphatic rings. The molecule has 0 aliphatic carbocycles. The molecule has 0 radical (unpaired) electrons. The van der Waals surface area contributed by atoms with Gasteiger partial charge in [-0.2, -0.15) is 0 Å². The summed E-state index contributed by atoms with van der Waals surface area (Å²) >= 11 is 1.39. The van der Waals surface area contributed by atoms with Gasteiger partial charge in [-0.1, -0.05) is 12.1 Å². The van der Waals surface area contributed by atoms with Crippen LogP contribution in [0.15, 0.2) is 6.20 Å². The van der Waals surface area contributed by atoms with Gasteiger partial charge in [0.2, 0.25) is 0 Å². The van der Waals surface area contributed by atoms with E-state index in [4.69, 9.17) is 5.11 Å². The number of nitrogens with zero attached hydrogens (tertiary/aromatic N) is 4. The number of hydrogen-bond donors (Lipinski definition) is 2. The summed E-state index contributed by atoms with van der Waals surface area (Å²) in [6.45, 7) is 3.59. The molecule has 0 saturated carbocycles. The SMILES string of the molecule is CCc1nc(NC(=O)c2cn(CC(=O)O)nn2)sc1C. The fourth-order valence-electron chi connectivity index (χ4n) is 1.59. The highest BCUT2D eigenvalue weighted by atomic mass is 32.1. The first-order chi connectivity index (χ1) is 9.49. The zero-order valence-corrected chi connectivity index (χ0v) is 11.8. The van der Waals surface area contributed by atoms with E-state index in [-0.39, 0.29) is 12.2 Å². The number of amides is 1. The summed E-state index contributed by atoms with van der Waals surface area (Å²) in [5.41, 5.74) is 0.997. The molecule has 0 aromatic carbocycles. The van der Waals surface area contributed by atoms with Crippen molar-refractivity contribution in [1.29, 1.82) is 0 Å². The van der Waals surface area contributed by atoms with Crippen molar-refractivity contribution in [3.05, 3.63) is 22.5 Å². The summed E-state index contributed by atoms with van der Waals surface area (Å²) in [6.07, 6.45) is 2.08. The van der Waals surface area contributed by atoms with E-state index in [2.05, 4.69) is 20.6 Å². The van der Waals surface area contributed by atoms with Gasteiger partial charge in [-0.3, -0.25) is 14.9 Å². The van der Waals surface area contributed by atoms with Crippen molar-refractivity contribution in [2.75, 3.05) is 5.32 Å². The Balaban J connectivity index is 2.07. The van der Waals surface area contributed by atoms with Crippen molar-refractivity contribution in [3.63, 3.8) is 0 Å². The number of thiazole rings is 1. The lowest BCUT2D eigenvalue weighted by Gasteiger charge is -1.96. The Morgan fingerprint density at radius 1 is 1.50 bits per heavy atom. The van der Waals surface area contributed by atoms with Gasteiger partial charge in [0.1, 0.15) is 6.54 Å². The van der Waals surface area contributed by atoms with Gasteiger partial charge in [0.05, 0.1) is 11.9 Å². The summed E-state index contributed by atoms with van der Waals surface area (Å²) in [5.74, 6) is -1.51. The number of carbonyl (C=O) groups excluding carboxylic acids is 1. The van der Waals surface area contributed by atoms with Gasteiger partial charge >= 0.3 is 5.97 Å². The van der Waals surface area contributed by atoms with Gasteiger partial charge in [-0.15, -0.1) is 16.4 Å². The fraction of sp³-hybridized carbons (Fsp3) is 0.364. The van der Waals surface area contributed by atoms with E-state index in [9.17, 15) is 9.59 Å². The number of aromatic nitrogens is 4. The molecular weight excluding hydrogens is 282 g/mol. The first-order valence-electron chi connectivity index (χ1n) is 5.89. The van der Waals surface area contributed by atoms with Crippen molar-refractivity contribution in [2.24, 2.45) is 0 Å². The summed E-state index contributed by atoms with van der Waals surface area (Å²) < 4.78 is 1.09. The lowest BCUT2D eigenvalue weighted by atomic mass is 10.3. The third-order valence-electron chi connectivity index (χ3n) is 2.52. The number of rotatable bonds is 5. The minimum atomic E-state index is -1.05. The predicted molar refractivity (Wildman–Crippen MR) is 71.8 cm³/mol. The van der Waals surface area contributed by atoms with Gasteiger partial charge in [0, 0.05) is 4.88 Å². The Morgan fingerprint density at radius 2 is 2.25 bits per heavy atom. The number of carbonyl (C=O) groups is 2. The van der Waals surface area contributed by atoms with Crippen LogP contribution < -0.4 is 5.32 Å². The van der Waals surface area contributed by atoms with E-state index >= 15 is 0 Å². The van der Waals surface area contributed by atoms with Crippen LogP contribution in [-0.2, 0) is 17.8 Å². The van der Waals surface area contributed by atoms with E-state index in [0.717, 1.165) is 21.7 Å². The molecule has 0 spiro atoms. The minimum Gasteiger partial charge on any atom is -0.480 e. The van der Waals surface area contributed by atoms with Crippen LogP contribution in [0.3, 0.4) is 0 Å². The number of anilines is 1. The zero-order chi connectivity index (χ0) is 14.7. The molecule has 9 heteroatoms. The summed E-state index contributed by atoms with van der Waals surface area (Å²) in [6, 6.07) is 0. The van der Waals surface area contributed by atoms with Crippen LogP contribution in [0.5, 0.6) is 0 Å². The molecule has 8 nitrogen and oxygen atoms in total. The fourth-order valence-corrected chi connectivity index (χ4v) is 2.49. The maximum Gasteiger partial charge on any atom is 0.325 e. The predicted octanol–water partition coefficient (Wildman–Crippen LogP) is 0.942. The molecule has 0 atom stereocenters. The molecule has 0 fully saturated rings. The Kier molecular flexibility index (Phi) is 4.08. The molecule has 20 heavy (non-hydrogen) atoms. The smallest absolute Gasteiger partial charge is 0.325 e. The highest BCUT2D eigenvalue weighted by molar-refractivity contribution is 7.15. The van der Waals surface area contributed by atoms with Crippen molar-refractivity contribution in [1.82, 2.24) is 20.0 Å². The molecule has 1 amide bonds. The Morgan fingerprint density at radius 3 is 2.85 bits per heavy atom. The Labute approximate surface area is 118 Å². The average Bonchev–Trinajstić information content (AvgIpc) is 2.95. The molecule has 2 rings (SSSR count). The maximum absolute atomic E-state index is 11.9. The Hall–Kier alpha value is -2.29. The average molecular weight is 295 g/mol. The summed E-state index contributed by atoms with van der Waals surface area (Å²) in [4.78, 5) is 27.8. The first-order valence-corrected chi connectivity index (χ1v) is 6.70. The summed E-state index contributed by atoms with van der Waals surface area (Å²) in [5, 5.41) is 18.9. The quantitative estimate of drug-likeness (QED) is 0.849. The number of aliphatic carboxylic acids is 1. The number of carboxylic acids is 1. The van der Waals surface area contributed by atoms with Gasteiger partial charge in [-0.25, -0.2) is 9.67 Å². The van der Waals surface area contributed by atoms with Gasteiger partial charge in [0.25, 0.3) is 5.91 Å². The third kappa shape index (κ3) is 3.18. The number of nitrogens with one attached hydrogen (secondary N) is 1. The molecule has 2 N–H and O–H groups in total. The van der Waals surface area contributed by atoms with E-state index < -0.39 is 11.9 Å². The zero-order valence-electron chi connectivity index (χ0n) is 11.0. The van der Waals surface area contributed by atoms with Crippen LogP contribution in [0, 0.1) is 6.92 Å². The van der Waals surface area contributed by atoms with Crippen molar-refractivity contribution in [3.8, 4) is 0 Å². The van der Waals surface area contributed by atoms with Crippen LogP contribution in [0.4, 0.5) is 5.13 Å². The van der Waals surface area contributed by atoms with Gasteiger partial charge < -0.3 is 5.11 Å². The molecule has 0 unspecified atom stereocenters. The van der Waals surface area contributed by atoms with E-state index in [1.54, 1.807) is 0 Å². The highest BCUT2D eigenvalue weighted by Gasteiger charge is 2.15. The first kappa shape index (κ1) is 14.1. The molecule has 2 aromatic rings. The van der Waals surface area contributed by atoms with Crippen LogP contribution in [0.25, 0.3) is 0 Å². The second-order valence-electron chi connectivity index (χ2n) is 4.02. The number of aryl methyl sites for hydroxylation is 2. The summed E-state index contributed by atoms with van der Waals surface area (Å²) in [7, 11) is 0.